The molecule has 0 fully saturated rings. The third-order valence-corrected chi connectivity index (χ3v) is 3.62. The highest BCUT2D eigenvalue weighted by Crippen LogP contribution is 2.38. The smallest absolute Gasteiger partial charge is 0.505 e. The predicted octanol–water partition coefficient (Wildman–Crippen LogP) is 3.71. The van der Waals surface area contributed by atoms with Gasteiger partial charge in [0.25, 0.3) is 0 Å². The third kappa shape index (κ3) is 2.81. The Morgan fingerprint density at radius 1 is 1.16 bits per heavy atom. The molecular formula is C14H17BF2O2. The minimum atomic E-state index is -2.83. The molecule has 19 heavy (non-hydrogen) atoms. The molecule has 0 spiro atoms. The van der Waals surface area contributed by atoms with Crippen molar-refractivity contribution in [2.24, 2.45) is 0 Å². The normalized spacial score (nSPS) is 15.2. The average Bonchev–Trinajstić information content (AvgIpc) is 2.38. The van der Waals surface area contributed by atoms with Crippen molar-refractivity contribution in [2.75, 3.05) is 7.11 Å². The van der Waals surface area contributed by atoms with E-state index in [9.17, 15) is 8.63 Å². The fourth-order valence-corrected chi connectivity index (χ4v) is 2.42. The van der Waals surface area contributed by atoms with Crippen molar-refractivity contribution in [2.45, 2.75) is 32.3 Å². The molecule has 5 heteroatoms. The van der Waals surface area contributed by atoms with Crippen molar-refractivity contribution in [1.29, 1.82) is 0 Å². The van der Waals surface area contributed by atoms with Crippen LogP contribution in [0.2, 0.25) is 0 Å². The molecule has 0 atom stereocenters. The fraction of sp³-hybridized carbons (Fsp3) is 0.429. The summed E-state index contributed by atoms with van der Waals surface area (Å²) in [5, 5.41) is 0. The lowest BCUT2D eigenvalue weighted by atomic mass is 9.83. The number of rotatable bonds is 4. The second-order valence-electron chi connectivity index (χ2n) is 5.06. The molecule has 1 aliphatic carbocycles. The van der Waals surface area contributed by atoms with E-state index in [4.69, 9.17) is 9.39 Å². The number of fused-ring (bicyclic) bond motifs is 1. The molecule has 0 radical (unpaired) electrons. The van der Waals surface area contributed by atoms with Gasteiger partial charge in [-0.2, -0.15) is 0 Å². The average molecular weight is 266 g/mol. The Bertz CT molecular complexity index is 498. The SMILES string of the molecule is COC(C)(C)C1=C(OB(F)F)c2ccccc2CC1. The Morgan fingerprint density at radius 3 is 2.47 bits per heavy atom. The molecule has 0 saturated carbocycles. The van der Waals surface area contributed by atoms with Crippen LogP contribution in [-0.2, 0) is 15.8 Å². The topological polar surface area (TPSA) is 18.5 Å². The second-order valence-corrected chi connectivity index (χ2v) is 5.06. The third-order valence-electron chi connectivity index (χ3n) is 3.62. The van der Waals surface area contributed by atoms with E-state index in [1.54, 1.807) is 7.11 Å². The van der Waals surface area contributed by atoms with Crippen LogP contribution in [0.5, 0.6) is 0 Å². The molecule has 2 rings (SSSR count). The minimum Gasteiger partial charge on any atom is -0.505 e. The van der Waals surface area contributed by atoms with Gasteiger partial charge in [-0.25, -0.2) is 8.63 Å². The summed E-state index contributed by atoms with van der Waals surface area (Å²) < 4.78 is 35.6. The van der Waals surface area contributed by atoms with E-state index in [0.717, 1.165) is 23.1 Å². The van der Waals surface area contributed by atoms with E-state index >= 15 is 0 Å². The molecule has 0 amide bonds. The number of aryl methyl sites for hydroxylation is 1. The Labute approximate surface area is 112 Å². The van der Waals surface area contributed by atoms with Gasteiger partial charge in [0.05, 0.1) is 5.60 Å². The van der Waals surface area contributed by atoms with E-state index < -0.39 is 13.1 Å². The lowest BCUT2D eigenvalue weighted by molar-refractivity contribution is 0.0509. The molecule has 0 N–H and O–H groups in total. The van der Waals surface area contributed by atoms with Crippen molar-refractivity contribution >= 4 is 13.2 Å². The highest BCUT2D eigenvalue weighted by Gasteiger charge is 2.34. The number of halogens is 2. The molecule has 0 saturated heterocycles. The standard InChI is InChI=1S/C14H17BF2O2/c1-14(2,18-3)12-9-8-10-6-4-5-7-11(10)13(12)19-15(16)17/h4-7H,8-9H2,1-3H3. The lowest BCUT2D eigenvalue weighted by Crippen LogP contribution is -2.30. The zero-order valence-electron chi connectivity index (χ0n) is 11.4. The first kappa shape index (κ1) is 14.1. The quantitative estimate of drug-likeness (QED) is 0.773. The van der Waals surface area contributed by atoms with E-state index in [1.165, 1.54) is 0 Å². The van der Waals surface area contributed by atoms with Crippen molar-refractivity contribution in [3.05, 3.63) is 41.0 Å². The van der Waals surface area contributed by atoms with Crippen LogP contribution in [-0.4, -0.2) is 20.2 Å². The molecular weight excluding hydrogens is 249 g/mol. The number of hydrogen-bond donors (Lipinski definition) is 0. The number of ether oxygens (including phenoxy) is 1. The Hall–Kier alpha value is -1.36. The number of methoxy groups -OCH3 is 1. The lowest BCUT2D eigenvalue weighted by Gasteiger charge is -2.32. The summed E-state index contributed by atoms with van der Waals surface area (Å²) >= 11 is 0. The Kier molecular flexibility index (Phi) is 3.95. The number of hydrogen-bond acceptors (Lipinski definition) is 2. The molecule has 102 valence electrons. The van der Waals surface area contributed by atoms with Crippen LogP contribution in [0, 0.1) is 0 Å². The summed E-state index contributed by atoms with van der Waals surface area (Å²) in [4.78, 5) is 0. The fourth-order valence-electron chi connectivity index (χ4n) is 2.42. The minimum absolute atomic E-state index is 0.267. The van der Waals surface area contributed by atoms with Gasteiger partial charge in [-0.05, 0) is 32.3 Å². The van der Waals surface area contributed by atoms with Gasteiger partial charge in [-0.1, -0.05) is 24.3 Å². The van der Waals surface area contributed by atoms with E-state index in [2.05, 4.69) is 0 Å². The predicted molar refractivity (Wildman–Crippen MR) is 71.8 cm³/mol. The van der Waals surface area contributed by atoms with Gasteiger partial charge in [0.1, 0.15) is 5.76 Å². The van der Waals surface area contributed by atoms with Gasteiger partial charge in [0.2, 0.25) is 0 Å². The second kappa shape index (κ2) is 5.33. The van der Waals surface area contributed by atoms with E-state index in [0.29, 0.717) is 6.42 Å². The molecule has 0 heterocycles. The van der Waals surface area contributed by atoms with E-state index in [-0.39, 0.29) is 5.76 Å². The van der Waals surface area contributed by atoms with Crippen molar-refractivity contribution in [3.8, 4) is 0 Å². The molecule has 0 aliphatic heterocycles. The molecule has 2 nitrogen and oxygen atoms in total. The number of benzene rings is 1. The van der Waals surface area contributed by atoms with Crippen LogP contribution >= 0.6 is 0 Å². The van der Waals surface area contributed by atoms with E-state index in [1.807, 2.05) is 38.1 Å². The van der Waals surface area contributed by atoms with Gasteiger partial charge >= 0.3 is 7.47 Å². The zero-order chi connectivity index (χ0) is 14.0. The Morgan fingerprint density at radius 2 is 1.84 bits per heavy atom. The maximum absolute atomic E-state index is 12.7. The van der Waals surface area contributed by atoms with Gasteiger partial charge in [-0.15, -0.1) is 0 Å². The zero-order valence-corrected chi connectivity index (χ0v) is 11.4. The summed E-state index contributed by atoms with van der Waals surface area (Å²) in [6, 6.07) is 7.50. The summed E-state index contributed by atoms with van der Waals surface area (Å²) in [7, 11) is -1.25. The molecule has 1 aromatic rings. The highest BCUT2D eigenvalue weighted by molar-refractivity contribution is 6.36. The maximum Gasteiger partial charge on any atom is 0.796 e. The Balaban J connectivity index is 2.55. The van der Waals surface area contributed by atoms with Gasteiger partial charge in [0, 0.05) is 18.2 Å². The highest BCUT2D eigenvalue weighted by atomic mass is 19.2. The molecule has 0 unspecified atom stereocenters. The maximum atomic E-state index is 12.7. The molecule has 0 bridgehead atoms. The monoisotopic (exact) mass is 266 g/mol. The molecule has 1 aromatic carbocycles. The summed E-state index contributed by atoms with van der Waals surface area (Å²) in [5.41, 5.74) is 1.95. The molecule has 1 aliphatic rings. The van der Waals surface area contributed by atoms with Crippen LogP contribution in [0.4, 0.5) is 8.63 Å². The van der Waals surface area contributed by atoms with Gasteiger partial charge in [0.15, 0.2) is 0 Å². The van der Waals surface area contributed by atoms with Crippen molar-refractivity contribution in [1.82, 2.24) is 0 Å². The first-order valence-electron chi connectivity index (χ1n) is 6.27. The summed E-state index contributed by atoms with van der Waals surface area (Å²) in [6.45, 7) is 3.73. The summed E-state index contributed by atoms with van der Waals surface area (Å²) in [5.74, 6) is 0.267. The first-order chi connectivity index (χ1) is 8.95. The van der Waals surface area contributed by atoms with Crippen molar-refractivity contribution in [3.63, 3.8) is 0 Å². The molecule has 0 aromatic heterocycles. The van der Waals surface area contributed by atoms with Crippen LogP contribution in [0.25, 0.3) is 5.76 Å². The van der Waals surface area contributed by atoms with Crippen molar-refractivity contribution < 1.29 is 18.0 Å². The van der Waals surface area contributed by atoms with Crippen LogP contribution in [0.15, 0.2) is 29.8 Å². The van der Waals surface area contributed by atoms with Crippen LogP contribution in [0.3, 0.4) is 0 Å². The van der Waals surface area contributed by atoms with Gasteiger partial charge < -0.3 is 9.39 Å². The van der Waals surface area contributed by atoms with Crippen LogP contribution < -0.4 is 0 Å². The summed E-state index contributed by atoms with van der Waals surface area (Å²) in [6.07, 6.45) is 1.48. The first-order valence-corrected chi connectivity index (χ1v) is 6.27. The van der Waals surface area contributed by atoms with Gasteiger partial charge in [-0.3, -0.25) is 0 Å². The largest absolute Gasteiger partial charge is 0.796 e. The van der Waals surface area contributed by atoms with Crippen LogP contribution in [0.1, 0.15) is 31.4 Å².